The lowest BCUT2D eigenvalue weighted by atomic mass is 10.1. The van der Waals surface area contributed by atoms with Crippen LogP contribution in [0.1, 0.15) is 11.3 Å². The third-order valence-electron chi connectivity index (χ3n) is 12.3. The van der Waals surface area contributed by atoms with Gasteiger partial charge in [0.1, 0.15) is 0 Å². The zero-order chi connectivity index (χ0) is 39.2. The predicted octanol–water partition coefficient (Wildman–Crippen LogP) is 13.9. The van der Waals surface area contributed by atoms with Crippen LogP contribution >= 0.6 is 0 Å². The summed E-state index contributed by atoms with van der Waals surface area (Å²) in [6.45, 7) is 2.21. The molecular formula is C55H36N4. The van der Waals surface area contributed by atoms with Gasteiger partial charge >= 0.3 is 0 Å². The zero-order valence-electron chi connectivity index (χ0n) is 32.3. The Kier molecular flexibility index (Phi) is 7.17. The first-order chi connectivity index (χ1) is 29.2. The van der Waals surface area contributed by atoms with Gasteiger partial charge in [-0.1, -0.05) is 109 Å². The molecule has 0 aliphatic heterocycles. The van der Waals surface area contributed by atoms with E-state index in [2.05, 4.69) is 219 Å². The molecule has 4 nitrogen and oxygen atoms in total. The molecule has 0 unspecified atom stereocenters. The highest BCUT2D eigenvalue weighted by Gasteiger charge is 2.23. The Morgan fingerprint density at radius 1 is 0.373 bits per heavy atom. The molecule has 0 bridgehead atoms. The highest BCUT2D eigenvalue weighted by Crippen LogP contribution is 2.44. The molecule has 8 aromatic carbocycles. The lowest BCUT2D eigenvalue weighted by molar-refractivity contribution is 1.09. The van der Waals surface area contributed by atoms with Crippen molar-refractivity contribution in [2.45, 2.75) is 6.92 Å². The summed E-state index contributed by atoms with van der Waals surface area (Å²) in [7, 11) is 0. The Hall–Kier alpha value is -8.00. The molecule has 0 saturated heterocycles. The predicted molar refractivity (Wildman–Crippen MR) is 249 cm³/mol. The van der Waals surface area contributed by atoms with E-state index in [0.29, 0.717) is 0 Å². The second-order valence-corrected chi connectivity index (χ2v) is 15.3. The fraction of sp³-hybridized carbons (Fsp3) is 0.0182. The number of rotatable bonds is 5. The molecule has 0 fully saturated rings. The van der Waals surface area contributed by atoms with Crippen LogP contribution in [0.2, 0.25) is 0 Å². The number of hydrogen-bond donors (Lipinski definition) is 0. The van der Waals surface area contributed by atoms with Crippen LogP contribution in [0.3, 0.4) is 0 Å². The lowest BCUT2D eigenvalue weighted by Gasteiger charge is -2.14. The molecule has 0 aliphatic rings. The second kappa shape index (κ2) is 12.8. The third kappa shape index (κ3) is 4.67. The summed E-state index contributed by atoms with van der Waals surface area (Å²) >= 11 is 0. The van der Waals surface area contributed by atoms with Gasteiger partial charge in [-0.2, -0.15) is 0 Å². The monoisotopic (exact) mass is 752 g/mol. The van der Waals surface area contributed by atoms with Crippen molar-refractivity contribution in [1.29, 1.82) is 0 Å². The van der Waals surface area contributed by atoms with Gasteiger partial charge in [0.15, 0.2) is 0 Å². The Labute approximate surface area is 340 Å². The smallest absolute Gasteiger partial charge is 0.0641 e. The molecule has 0 atom stereocenters. The molecule has 4 heteroatoms. The number of benzene rings is 8. The average Bonchev–Trinajstić information content (AvgIpc) is 4.01. The van der Waals surface area contributed by atoms with E-state index in [0.717, 1.165) is 34.0 Å². The highest BCUT2D eigenvalue weighted by molar-refractivity contribution is 6.26. The molecular weight excluding hydrogens is 717 g/mol. The van der Waals surface area contributed by atoms with Crippen molar-refractivity contribution in [2.24, 2.45) is 0 Å². The maximum absolute atomic E-state index is 5.86. The molecule has 0 radical (unpaired) electrons. The van der Waals surface area contributed by atoms with Gasteiger partial charge in [0, 0.05) is 60.5 Å². The van der Waals surface area contributed by atoms with E-state index in [1.54, 1.807) is 0 Å². The SMILES string of the molecule is C#C/C=C\c1c(C)c2ccc3c(c4ccccc4n3-c3ccccc3)c2n1-c1ccc(-n2c3ccccc3c3ccc4c(c5ccccc5n4-c4ccccc4)c32)cc1. The number of nitrogens with zero attached hydrogens (tertiary/aromatic N) is 4. The van der Waals surface area contributed by atoms with Crippen LogP contribution in [-0.4, -0.2) is 18.3 Å². The molecule has 276 valence electrons. The van der Waals surface area contributed by atoms with E-state index < -0.39 is 0 Å². The Morgan fingerprint density at radius 2 is 0.797 bits per heavy atom. The molecule has 12 aromatic rings. The first-order valence-electron chi connectivity index (χ1n) is 20.1. The second-order valence-electron chi connectivity index (χ2n) is 15.3. The summed E-state index contributed by atoms with van der Waals surface area (Å²) in [6, 6.07) is 65.9. The van der Waals surface area contributed by atoms with E-state index in [1.165, 1.54) is 76.4 Å². The molecule has 0 N–H and O–H groups in total. The van der Waals surface area contributed by atoms with E-state index in [-0.39, 0.29) is 0 Å². The maximum atomic E-state index is 5.86. The van der Waals surface area contributed by atoms with Crippen LogP contribution in [0.25, 0.3) is 105 Å². The Morgan fingerprint density at radius 3 is 1.34 bits per heavy atom. The van der Waals surface area contributed by atoms with Crippen LogP contribution in [0.5, 0.6) is 0 Å². The average molecular weight is 753 g/mol. The summed E-state index contributed by atoms with van der Waals surface area (Å²) in [4.78, 5) is 0. The third-order valence-corrected chi connectivity index (χ3v) is 12.3. The summed E-state index contributed by atoms with van der Waals surface area (Å²) < 4.78 is 9.65. The standard InChI is InChI=1S/C55H36N4/c1-3-4-24-46-36(2)41-32-34-50-52(44-22-12-15-26-48(44)56(50)37-17-7-5-8-18-37)54(41)58(46)39-28-30-40(31-29-39)59-47-25-14-11-21-42(47)43-33-35-51-53(55(43)59)45-23-13-16-27-49(45)57(51)38-19-9-6-10-20-38/h1,4-35H,2H3/b24-4-. The van der Waals surface area contributed by atoms with E-state index in [9.17, 15) is 0 Å². The van der Waals surface area contributed by atoms with Crippen molar-refractivity contribution in [3.05, 3.63) is 199 Å². The fourth-order valence-electron chi connectivity index (χ4n) is 9.84. The number of para-hydroxylation sites is 5. The summed E-state index contributed by atoms with van der Waals surface area (Å²) in [6.07, 6.45) is 9.75. The Balaban J connectivity index is 1.14. The first kappa shape index (κ1) is 33.2. The van der Waals surface area contributed by atoms with Crippen molar-refractivity contribution < 1.29 is 0 Å². The van der Waals surface area contributed by atoms with Crippen molar-refractivity contribution in [1.82, 2.24) is 18.3 Å². The van der Waals surface area contributed by atoms with Crippen molar-refractivity contribution >= 4 is 82.4 Å². The van der Waals surface area contributed by atoms with Crippen LogP contribution in [0, 0.1) is 19.3 Å². The quantitative estimate of drug-likeness (QED) is 0.156. The summed E-state index contributed by atoms with van der Waals surface area (Å²) in [5.74, 6) is 2.76. The van der Waals surface area contributed by atoms with Crippen LogP contribution in [0.15, 0.2) is 188 Å². The molecule has 4 aromatic heterocycles. The molecule has 4 heterocycles. The van der Waals surface area contributed by atoms with Gasteiger partial charge in [-0.3, -0.25) is 0 Å². The number of terminal acetylenes is 1. The van der Waals surface area contributed by atoms with Gasteiger partial charge in [-0.05, 0) is 104 Å². The van der Waals surface area contributed by atoms with E-state index in [4.69, 9.17) is 6.42 Å². The minimum Gasteiger partial charge on any atom is -0.309 e. The number of hydrogen-bond acceptors (Lipinski definition) is 0. The maximum Gasteiger partial charge on any atom is 0.0641 e. The molecule has 0 spiro atoms. The van der Waals surface area contributed by atoms with Gasteiger partial charge < -0.3 is 18.3 Å². The number of aryl methyl sites for hydroxylation is 1. The number of fused-ring (bicyclic) bond motifs is 12. The molecule has 59 heavy (non-hydrogen) atoms. The molecule has 0 aliphatic carbocycles. The molecule has 0 amide bonds. The first-order valence-corrected chi connectivity index (χ1v) is 20.1. The zero-order valence-corrected chi connectivity index (χ0v) is 32.3. The highest BCUT2D eigenvalue weighted by atomic mass is 15.0. The molecule has 0 saturated carbocycles. The Bertz CT molecular complexity index is 3710. The van der Waals surface area contributed by atoms with Gasteiger partial charge in [0.05, 0.1) is 44.3 Å². The number of allylic oxidation sites excluding steroid dienone is 1. The lowest BCUT2D eigenvalue weighted by Crippen LogP contribution is -2.00. The van der Waals surface area contributed by atoms with Crippen LogP contribution in [0.4, 0.5) is 0 Å². The number of aromatic nitrogens is 4. The minimum absolute atomic E-state index is 1.07. The van der Waals surface area contributed by atoms with Crippen molar-refractivity contribution in [3.63, 3.8) is 0 Å². The molecule has 12 rings (SSSR count). The van der Waals surface area contributed by atoms with Gasteiger partial charge in [-0.25, -0.2) is 0 Å². The normalized spacial score (nSPS) is 12.1. The topological polar surface area (TPSA) is 19.7 Å². The van der Waals surface area contributed by atoms with Crippen molar-refractivity contribution in [3.8, 4) is 35.1 Å². The van der Waals surface area contributed by atoms with Gasteiger partial charge in [-0.15, -0.1) is 6.42 Å². The van der Waals surface area contributed by atoms with Gasteiger partial charge in [0.2, 0.25) is 0 Å². The van der Waals surface area contributed by atoms with Crippen LogP contribution < -0.4 is 0 Å². The fourth-order valence-corrected chi connectivity index (χ4v) is 9.84. The van der Waals surface area contributed by atoms with Gasteiger partial charge in [0.25, 0.3) is 0 Å². The van der Waals surface area contributed by atoms with Crippen molar-refractivity contribution in [2.75, 3.05) is 0 Å². The minimum atomic E-state index is 1.07. The summed E-state index contributed by atoms with van der Waals surface area (Å²) in [5, 5.41) is 8.57. The summed E-state index contributed by atoms with van der Waals surface area (Å²) in [5.41, 5.74) is 15.0. The largest absolute Gasteiger partial charge is 0.309 e. The van der Waals surface area contributed by atoms with Crippen LogP contribution in [-0.2, 0) is 0 Å². The van der Waals surface area contributed by atoms with E-state index in [1.807, 2.05) is 6.08 Å². The van der Waals surface area contributed by atoms with E-state index >= 15 is 0 Å².